The fourth-order valence-electron chi connectivity index (χ4n) is 2.56. The van der Waals surface area contributed by atoms with Crippen molar-refractivity contribution in [3.05, 3.63) is 53.9 Å². The zero-order chi connectivity index (χ0) is 17.6. The Hall–Kier alpha value is -2.25. The second-order valence-electron chi connectivity index (χ2n) is 5.76. The first-order chi connectivity index (χ1) is 12.1. The highest BCUT2D eigenvalue weighted by Gasteiger charge is 2.19. The molecular formula is C18H21N3O3S. The minimum Gasteiger partial charge on any atom is -0.618 e. The van der Waals surface area contributed by atoms with Gasteiger partial charge in [0.2, 0.25) is 5.91 Å². The zero-order valence-corrected chi connectivity index (χ0v) is 14.9. The lowest BCUT2D eigenvalue weighted by molar-refractivity contribution is -0.645. The van der Waals surface area contributed by atoms with Gasteiger partial charge in [-0.2, -0.15) is 4.73 Å². The lowest BCUT2D eigenvalue weighted by Crippen LogP contribution is -2.36. The van der Waals surface area contributed by atoms with Crippen molar-refractivity contribution in [1.82, 2.24) is 0 Å². The van der Waals surface area contributed by atoms with Crippen molar-refractivity contribution >= 4 is 29.0 Å². The predicted octanol–water partition coefficient (Wildman–Crippen LogP) is 2.28. The molecule has 1 aliphatic heterocycles. The quantitative estimate of drug-likeness (QED) is 0.504. The number of ether oxygens (including phenoxy) is 1. The topological polar surface area (TPSA) is 68.5 Å². The van der Waals surface area contributed by atoms with E-state index in [-0.39, 0.29) is 11.2 Å². The number of hydrogen-bond donors (Lipinski definition) is 1. The summed E-state index contributed by atoms with van der Waals surface area (Å²) in [5, 5.41) is 14.7. The smallest absolute Gasteiger partial charge is 0.252 e. The van der Waals surface area contributed by atoms with Gasteiger partial charge < -0.3 is 20.2 Å². The molecule has 0 radical (unpaired) electrons. The van der Waals surface area contributed by atoms with Gasteiger partial charge in [-0.25, -0.2) is 0 Å². The van der Waals surface area contributed by atoms with Gasteiger partial charge in [-0.3, -0.25) is 4.79 Å². The van der Waals surface area contributed by atoms with Gasteiger partial charge in [-0.05, 0) is 49.0 Å². The maximum atomic E-state index is 12.3. The molecule has 132 valence electrons. The van der Waals surface area contributed by atoms with Crippen LogP contribution in [-0.4, -0.2) is 37.5 Å². The number of nitrogens with zero attached hydrogens (tertiary/aromatic N) is 2. The lowest BCUT2D eigenvalue weighted by Gasteiger charge is -2.28. The Bertz CT molecular complexity index is 718. The first kappa shape index (κ1) is 17.6. The molecule has 0 saturated carbocycles. The van der Waals surface area contributed by atoms with Crippen LogP contribution < -0.4 is 14.9 Å². The number of amides is 1. The number of hydrogen-bond acceptors (Lipinski definition) is 5. The molecule has 3 rings (SSSR count). The fourth-order valence-corrected chi connectivity index (χ4v) is 3.41. The molecule has 1 saturated heterocycles. The first-order valence-corrected chi connectivity index (χ1v) is 9.10. The third kappa shape index (κ3) is 4.64. The number of nitrogens with one attached hydrogen (secondary N) is 1. The molecule has 1 aliphatic rings. The van der Waals surface area contributed by atoms with Gasteiger partial charge in [0.05, 0.1) is 18.5 Å². The second-order valence-corrected chi connectivity index (χ2v) is 7.12. The summed E-state index contributed by atoms with van der Waals surface area (Å²) in [6.45, 7) is 5.03. The van der Waals surface area contributed by atoms with Crippen molar-refractivity contribution < 1.29 is 14.3 Å². The Kier molecular flexibility index (Phi) is 5.78. The van der Waals surface area contributed by atoms with E-state index in [0.717, 1.165) is 42.4 Å². The molecule has 2 aromatic rings. The molecule has 0 unspecified atom stereocenters. The molecule has 1 aromatic carbocycles. The summed E-state index contributed by atoms with van der Waals surface area (Å²) in [6.07, 6.45) is 1.43. The summed E-state index contributed by atoms with van der Waals surface area (Å²) >= 11 is 1.24. The zero-order valence-electron chi connectivity index (χ0n) is 14.1. The summed E-state index contributed by atoms with van der Waals surface area (Å²) in [5.41, 5.74) is 1.87. The van der Waals surface area contributed by atoms with E-state index >= 15 is 0 Å². The second kappa shape index (κ2) is 8.22. The molecule has 1 amide bonds. The van der Waals surface area contributed by atoms with Crippen LogP contribution in [0.2, 0.25) is 0 Å². The van der Waals surface area contributed by atoms with Crippen LogP contribution in [0.15, 0.2) is 53.7 Å². The average molecular weight is 359 g/mol. The van der Waals surface area contributed by atoms with Crippen molar-refractivity contribution in [2.75, 3.05) is 36.5 Å². The van der Waals surface area contributed by atoms with E-state index < -0.39 is 0 Å². The van der Waals surface area contributed by atoms with E-state index in [4.69, 9.17) is 4.74 Å². The monoisotopic (exact) mass is 359 g/mol. The number of aromatic nitrogens is 1. The molecule has 0 bridgehead atoms. The minimum atomic E-state index is -0.374. The predicted molar refractivity (Wildman–Crippen MR) is 98.8 cm³/mol. The van der Waals surface area contributed by atoms with Crippen molar-refractivity contribution in [2.24, 2.45) is 0 Å². The molecule has 1 N–H and O–H groups in total. The molecular weight excluding hydrogens is 338 g/mol. The third-order valence-electron chi connectivity index (χ3n) is 3.97. The lowest BCUT2D eigenvalue weighted by atomic mass is 10.2. The number of anilines is 2. The minimum absolute atomic E-state index is 0.132. The van der Waals surface area contributed by atoms with Gasteiger partial charge in [0, 0.05) is 36.6 Å². The molecule has 6 nitrogen and oxygen atoms in total. The number of carbonyl (C=O) groups is 1. The van der Waals surface area contributed by atoms with Crippen molar-refractivity contribution in [3.8, 4) is 0 Å². The van der Waals surface area contributed by atoms with Crippen LogP contribution >= 0.6 is 11.8 Å². The van der Waals surface area contributed by atoms with Crippen LogP contribution in [0.25, 0.3) is 0 Å². The molecule has 25 heavy (non-hydrogen) atoms. The largest absolute Gasteiger partial charge is 0.618 e. The fraction of sp³-hybridized carbons (Fsp3) is 0.333. The van der Waals surface area contributed by atoms with E-state index in [0.29, 0.717) is 5.03 Å². The number of rotatable bonds is 5. The van der Waals surface area contributed by atoms with E-state index in [9.17, 15) is 10.0 Å². The molecule has 0 aliphatic carbocycles. The van der Waals surface area contributed by atoms with Gasteiger partial charge in [-0.15, -0.1) is 0 Å². The van der Waals surface area contributed by atoms with Gasteiger partial charge in [0.25, 0.3) is 5.03 Å². The SMILES string of the molecule is C[C@@H](Sc1cccc[n+]1[O-])C(=O)Nc1ccc(N2CCOCC2)cc1. The maximum absolute atomic E-state index is 12.3. The van der Waals surface area contributed by atoms with Crippen LogP contribution in [0, 0.1) is 5.21 Å². The maximum Gasteiger partial charge on any atom is 0.252 e. The van der Waals surface area contributed by atoms with Crippen LogP contribution in [-0.2, 0) is 9.53 Å². The number of benzene rings is 1. The summed E-state index contributed by atoms with van der Waals surface area (Å²) in [4.78, 5) is 14.6. The summed E-state index contributed by atoms with van der Waals surface area (Å²) in [7, 11) is 0. The van der Waals surface area contributed by atoms with Gasteiger partial charge in [0.1, 0.15) is 0 Å². The van der Waals surface area contributed by atoms with Crippen LogP contribution in [0.5, 0.6) is 0 Å². The molecule has 1 aromatic heterocycles. The van der Waals surface area contributed by atoms with Crippen molar-refractivity contribution in [1.29, 1.82) is 0 Å². The Morgan fingerprint density at radius 3 is 2.64 bits per heavy atom. The molecule has 0 spiro atoms. The highest BCUT2D eigenvalue weighted by molar-refractivity contribution is 8.00. The Morgan fingerprint density at radius 2 is 1.96 bits per heavy atom. The first-order valence-electron chi connectivity index (χ1n) is 8.22. The molecule has 2 heterocycles. The van der Waals surface area contributed by atoms with Crippen LogP contribution in [0.1, 0.15) is 6.92 Å². The number of morpholine rings is 1. The van der Waals surface area contributed by atoms with Crippen LogP contribution in [0.3, 0.4) is 0 Å². The average Bonchev–Trinajstić information content (AvgIpc) is 2.65. The standard InChI is InChI=1S/C18H21N3O3S/c1-14(25-17-4-2-3-9-21(17)23)18(22)19-15-5-7-16(8-6-15)20-10-12-24-13-11-20/h2-9,14H,10-13H2,1H3,(H,19,22)/t14-/m1/s1. The van der Waals surface area contributed by atoms with E-state index in [2.05, 4.69) is 10.2 Å². The Morgan fingerprint density at radius 1 is 1.24 bits per heavy atom. The van der Waals surface area contributed by atoms with E-state index in [1.165, 1.54) is 18.0 Å². The van der Waals surface area contributed by atoms with E-state index in [1.807, 2.05) is 24.3 Å². The normalized spacial score (nSPS) is 15.6. The molecule has 1 atom stereocenters. The summed E-state index contributed by atoms with van der Waals surface area (Å²) in [5.74, 6) is -0.132. The number of thioether (sulfide) groups is 1. The highest BCUT2D eigenvalue weighted by Crippen LogP contribution is 2.22. The Balaban J connectivity index is 1.57. The van der Waals surface area contributed by atoms with Crippen molar-refractivity contribution in [2.45, 2.75) is 17.2 Å². The van der Waals surface area contributed by atoms with Crippen molar-refractivity contribution in [3.63, 3.8) is 0 Å². The highest BCUT2D eigenvalue weighted by atomic mass is 32.2. The Labute approximate surface area is 151 Å². The molecule has 1 fully saturated rings. The summed E-state index contributed by atoms with van der Waals surface area (Å²) < 4.78 is 6.13. The molecule has 7 heteroatoms. The van der Waals surface area contributed by atoms with Gasteiger partial charge in [-0.1, -0.05) is 0 Å². The number of pyridine rings is 1. The number of carbonyl (C=O) groups excluding carboxylic acids is 1. The van der Waals surface area contributed by atoms with E-state index in [1.54, 1.807) is 25.1 Å². The van der Waals surface area contributed by atoms with Gasteiger partial charge >= 0.3 is 0 Å². The third-order valence-corrected chi connectivity index (χ3v) is 5.09. The van der Waals surface area contributed by atoms with Crippen LogP contribution in [0.4, 0.5) is 11.4 Å². The van der Waals surface area contributed by atoms with Gasteiger partial charge in [0.15, 0.2) is 6.20 Å². The summed E-state index contributed by atoms with van der Waals surface area (Å²) in [6, 6.07) is 13.0.